The molecule has 4 nitrogen and oxygen atoms in total. The van der Waals surface area contributed by atoms with E-state index < -0.39 is 0 Å². The Labute approximate surface area is 128 Å². The summed E-state index contributed by atoms with van der Waals surface area (Å²) in [4.78, 5) is 9.21. The smallest absolute Gasteiger partial charge is 0.161 e. The van der Waals surface area contributed by atoms with Gasteiger partial charge in [-0.2, -0.15) is 0 Å². The average molecular weight is 296 g/mol. The van der Waals surface area contributed by atoms with Crippen molar-refractivity contribution in [3.05, 3.63) is 59.8 Å². The molecule has 22 heavy (non-hydrogen) atoms. The Morgan fingerprint density at radius 2 is 2.23 bits per heavy atom. The van der Waals surface area contributed by atoms with Gasteiger partial charge >= 0.3 is 0 Å². The highest BCUT2D eigenvalue weighted by Gasteiger charge is 2.22. The molecule has 112 valence electrons. The second-order valence-corrected chi connectivity index (χ2v) is 5.66. The lowest BCUT2D eigenvalue weighted by Crippen LogP contribution is -2.22. The second kappa shape index (κ2) is 5.50. The first kappa shape index (κ1) is 13.4. The molecule has 1 atom stereocenters. The van der Waals surface area contributed by atoms with Crippen molar-refractivity contribution in [2.75, 3.05) is 6.54 Å². The normalized spacial score (nSPS) is 18.1. The van der Waals surface area contributed by atoms with Crippen LogP contribution in [0.3, 0.4) is 0 Å². The lowest BCUT2D eigenvalue weighted by molar-refractivity contribution is 0.464. The molecule has 0 radical (unpaired) electrons. The van der Waals surface area contributed by atoms with Crippen LogP contribution in [0, 0.1) is 5.82 Å². The molecule has 0 bridgehead atoms. The standard InChI is InChI=1S/C17H17FN4/c18-13-5-1-4-12(10-13)11-16-21-14-6-2-9-20-17(14)22(16)15-7-3-8-19-15/h1-2,4-6,9-10,15,19H,3,7-8,11H2. The maximum Gasteiger partial charge on any atom is 0.161 e. The van der Waals surface area contributed by atoms with Gasteiger partial charge in [0.25, 0.3) is 0 Å². The molecule has 1 aliphatic rings. The summed E-state index contributed by atoms with van der Waals surface area (Å²) in [6.07, 6.45) is 4.84. The van der Waals surface area contributed by atoms with E-state index in [4.69, 9.17) is 4.98 Å². The SMILES string of the molecule is Fc1cccc(Cc2nc3cccnc3n2C2CCCN2)c1. The molecular formula is C17H17FN4. The summed E-state index contributed by atoms with van der Waals surface area (Å²) in [6, 6.07) is 10.6. The molecule has 1 unspecified atom stereocenters. The molecule has 4 rings (SSSR count). The molecule has 2 aromatic heterocycles. The summed E-state index contributed by atoms with van der Waals surface area (Å²) >= 11 is 0. The molecule has 3 aromatic rings. The van der Waals surface area contributed by atoms with E-state index in [2.05, 4.69) is 14.9 Å². The van der Waals surface area contributed by atoms with Crippen LogP contribution in [0.1, 0.15) is 30.4 Å². The quantitative estimate of drug-likeness (QED) is 0.808. The number of rotatable bonds is 3. The first-order chi connectivity index (χ1) is 10.8. The summed E-state index contributed by atoms with van der Waals surface area (Å²) in [5.41, 5.74) is 2.71. The van der Waals surface area contributed by atoms with Crippen LogP contribution in [0.5, 0.6) is 0 Å². The zero-order valence-corrected chi connectivity index (χ0v) is 12.2. The van der Waals surface area contributed by atoms with E-state index in [1.54, 1.807) is 18.3 Å². The first-order valence-corrected chi connectivity index (χ1v) is 7.61. The van der Waals surface area contributed by atoms with Crippen LogP contribution in [0.4, 0.5) is 4.39 Å². The molecule has 1 fully saturated rings. The van der Waals surface area contributed by atoms with Crippen LogP contribution in [0.2, 0.25) is 0 Å². The number of hydrogen-bond acceptors (Lipinski definition) is 3. The number of imidazole rings is 1. The molecule has 1 aromatic carbocycles. The third-order valence-electron chi connectivity index (χ3n) is 4.12. The zero-order chi connectivity index (χ0) is 14.9. The lowest BCUT2D eigenvalue weighted by Gasteiger charge is -2.16. The van der Waals surface area contributed by atoms with E-state index >= 15 is 0 Å². The predicted molar refractivity (Wildman–Crippen MR) is 83.0 cm³/mol. The van der Waals surface area contributed by atoms with Crippen LogP contribution in [0.25, 0.3) is 11.2 Å². The maximum absolute atomic E-state index is 13.4. The van der Waals surface area contributed by atoms with Crippen molar-refractivity contribution in [3.8, 4) is 0 Å². The van der Waals surface area contributed by atoms with Crippen molar-refractivity contribution in [2.24, 2.45) is 0 Å². The lowest BCUT2D eigenvalue weighted by atomic mass is 10.1. The van der Waals surface area contributed by atoms with Gasteiger partial charge in [0.05, 0.1) is 6.17 Å². The fourth-order valence-corrected chi connectivity index (χ4v) is 3.14. The van der Waals surface area contributed by atoms with Crippen LogP contribution in [-0.2, 0) is 6.42 Å². The summed E-state index contributed by atoms with van der Waals surface area (Å²) in [5.74, 6) is 0.718. The zero-order valence-electron chi connectivity index (χ0n) is 12.2. The summed E-state index contributed by atoms with van der Waals surface area (Å²) in [7, 11) is 0. The Morgan fingerprint density at radius 3 is 3.05 bits per heavy atom. The largest absolute Gasteiger partial charge is 0.297 e. The minimum absolute atomic E-state index is 0.211. The molecule has 0 saturated carbocycles. The highest BCUT2D eigenvalue weighted by atomic mass is 19.1. The number of nitrogens with one attached hydrogen (secondary N) is 1. The number of aromatic nitrogens is 3. The molecular weight excluding hydrogens is 279 g/mol. The van der Waals surface area contributed by atoms with E-state index in [0.717, 1.165) is 41.9 Å². The van der Waals surface area contributed by atoms with E-state index in [9.17, 15) is 4.39 Å². The fraction of sp³-hybridized carbons (Fsp3) is 0.294. The first-order valence-electron chi connectivity index (χ1n) is 7.61. The Bertz CT molecular complexity index is 805. The van der Waals surface area contributed by atoms with Gasteiger partial charge in [-0.25, -0.2) is 14.4 Å². The van der Waals surface area contributed by atoms with Crippen LogP contribution in [-0.4, -0.2) is 21.1 Å². The number of fused-ring (bicyclic) bond motifs is 1. The van der Waals surface area contributed by atoms with Crippen molar-refractivity contribution in [3.63, 3.8) is 0 Å². The fourth-order valence-electron chi connectivity index (χ4n) is 3.14. The molecule has 1 saturated heterocycles. The highest BCUT2D eigenvalue weighted by molar-refractivity contribution is 5.71. The number of nitrogens with zero attached hydrogens (tertiary/aromatic N) is 3. The minimum Gasteiger partial charge on any atom is -0.297 e. The van der Waals surface area contributed by atoms with Gasteiger partial charge in [0.15, 0.2) is 5.65 Å². The average Bonchev–Trinajstić information content (AvgIpc) is 3.13. The summed E-state index contributed by atoms with van der Waals surface area (Å²) in [5, 5.41) is 3.50. The van der Waals surface area contributed by atoms with Gasteiger partial charge in [-0.3, -0.25) is 9.88 Å². The summed E-state index contributed by atoms with van der Waals surface area (Å²) < 4.78 is 15.6. The molecule has 0 aliphatic carbocycles. The third-order valence-corrected chi connectivity index (χ3v) is 4.12. The number of hydrogen-bond donors (Lipinski definition) is 1. The van der Waals surface area contributed by atoms with E-state index in [1.807, 2.05) is 18.2 Å². The minimum atomic E-state index is -0.211. The Kier molecular flexibility index (Phi) is 3.35. The third kappa shape index (κ3) is 2.37. The van der Waals surface area contributed by atoms with E-state index in [0.29, 0.717) is 6.42 Å². The number of halogens is 1. The number of pyridine rings is 1. The molecule has 1 N–H and O–H groups in total. The Hall–Kier alpha value is -2.27. The van der Waals surface area contributed by atoms with Gasteiger partial charge < -0.3 is 0 Å². The van der Waals surface area contributed by atoms with Crippen molar-refractivity contribution < 1.29 is 4.39 Å². The summed E-state index contributed by atoms with van der Waals surface area (Å²) in [6.45, 7) is 1.01. The Balaban J connectivity index is 1.80. The van der Waals surface area contributed by atoms with Crippen LogP contribution in [0.15, 0.2) is 42.6 Å². The van der Waals surface area contributed by atoms with Crippen molar-refractivity contribution in [2.45, 2.75) is 25.4 Å². The van der Waals surface area contributed by atoms with E-state index in [1.165, 1.54) is 6.07 Å². The van der Waals surface area contributed by atoms with Crippen LogP contribution >= 0.6 is 0 Å². The van der Waals surface area contributed by atoms with Crippen LogP contribution < -0.4 is 5.32 Å². The van der Waals surface area contributed by atoms with Gasteiger partial charge in [-0.15, -0.1) is 0 Å². The molecule has 3 heterocycles. The monoisotopic (exact) mass is 296 g/mol. The maximum atomic E-state index is 13.4. The topological polar surface area (TPSA) is 42.7 Å². The molecule has 0 spiro atoms. The highest BCUT2D eigenvalue weighted by Crippen LogP contribution is 2.25. The molecule has 1 aliphatic heterocycles. The van der Waals surface area contributed by atoms with E-state index in [-0.39, 0.29) is 12.0 Å². The van der Waals surface area contributed by atoms with Gasteiger partial charge in [0, 0.05) is 12.6 Å². The Morgan fingerprint density at radius 1 is 1.27 bits per heavy atom. The van der Waals surface area contributed by atoms with Gasteiger partial charge in [0.2, 0.25) is 0 Å². The molecule has 5 heteroatoms. The molecule has 0 amide bonds. The van der Waals surface area contributed by atoms with Gasteiger partial charge in [0.1, 0.15) is 17.2 Å². The second-order valence-electron chi connectivity index (χ2n) is 5.66. The van der Waals surface area contributed by atoms with Crippen molar-refractivity contribution >= 4 is 11.2 Å². The van der Waals surface area contributed by atoms with Crippen molar-refractivity contribution in [1.29, 1.82) is 0 Å². The number of benzene rings is 1. The van der Waals surface area contributed by atoms with Gasteiger partial charge in [-0.1, -0.05) is 12.1 Å². The van der Waals surface area contributed by atoms with Crippen molar-refractivity contribution in [1.82, 2.24) is 19.9 Å². The predicted octanol–water partition coefficient (Wildman–Crippen LogP) is 3.04. The van der Waals surface area contributed by atoms with Gasteiger partial charge in [-0.05, 0) is 49.2 Å².